The van der Waals surface area contributed by atoms with Gasteiger partial charge in [-0.2, -0.15) is 0 Å². The van der Waals surface area contributed by atoms with E-state index in [2.05, 4.69) is 27.0 Å². The summed E-state index contributed by atoms with van der Waals surface area (Å²) in [6, 6.07) is 8.04. The molecule has 0 bridgehead atoms. The molecule has 130 valence electrons. The third-order valence-corrected chi connectivity index (χ3v) is 4.87. The van der Waals surface area contributed by atoms with Crippen LogP contribution < -0.4 is 9.64 Å². The van der Waals surface area contributed by atoms with E-state index in [0.717, 1.165) is 30.4 Å². The second kappa shape index (κ2) is 6.70. The summed E-state index contributed by atoms with van der Waals surface area (Å²) in [4.78, 5) is 25.5. The number of carbonyl (C=O) groups excluding carboxylic acids is 1. The summed E-state index contributed by atoms with van der Waals surface area (Å²) in [6.45, 7) is 3.04. The van der Waals surface area contributed by atoms with Gasteiger partial charge in [-0.3, -0.25) is 4.79 Å². The van der Waals surface area contributed by atoms with Gasteiger partial charge >= 0.3 is 0 Å². The van der Waals surface area contributed by atoms with Gasteiger partial charge < -0.3 is 14.5 Å². The van der Waals surface area contributed by atoms with Crippen LogP contribution in [0.1, 0.15) is 34.9 Å². The average Bonchev–Trinajstić information content (AvgIpc) is 3.53. The van der Waals surface area contributed by atoms with Crippen molar-refractivity contribution in [1.29, 1.82) is 0 Å². The van der Waals surface area contributed by atoms with Crippen LogP contribution in [0.4, 0.5) is 5.69 Å². The van der Waals surface area contributed by atoms with Crippen molar-refractivity contribution < 1.29 is 9.53 Å². The van der Waals surface area contributed by atoms with Gasteiger partial charge in [0.2, 0.25) is 0 Å². The topological polar surface area (TPSA) is 58.6 Å². The Morgan fingerprint density at radius 2 is 1.68 bits per heavy atom. The molecule has 25 heavy (non-hydrogen) atoms. The first-order valence-electron chi connectivity index (χ1n) is 8.75. The van der Waals surface area contributed by atoms with E-state index in [1.165, 1.54) is 12.8 Å². The highest BCUT2D eigenvalue weighted by Crippen LogP contribution is 2.37. The minimum Gasteiger partial charge on any atom is -0.497 e. The molecule has 1 saturated carbocycles. The number of benzene rings is 1. The Morgan fingerprint density at radius 3 is 2.24 bits per heavy atom. The second-order valence-electron chi connectivity index (χ2n) is 6.58. The minimum atomic E-state index is 0.0247. The Hall–Kier alpha value is -2.63. The first-order chi connectivity index (χ1) is 12.2. The molecule has 1 aromatic heterocycles. The largest absolute Gasteiger partial charge is 0.497 e. The fourth-order valence-corrected chi connectivity index (χ4v) is 3.14. The predicted molar refractivity (Wildman–Crippen MR) is 95.1 cm³/mol. The molecule has 0 radical (unpaired) electrons. The van der Waals surface area contributed by atoms with Crippen molar-refractivity contribution in [2.45, 2.75) is 18.8 Å². The number of carbonyl (C=O) groups is 1. The number of hydrogen-bond acceptors (Lipinski definition) is 5. The van der Waals surface area contributed by atoms with E-state index in [9.17, 15) is 4.79 Å². The number of amides is 1. The molecule has 1 aliphatic carbocycles. The lowest BCUT2D eigenvalue weighted by Gasteiger charge is -2.36. The van der Waals surface area contributed by atoms with Crippen molar-refractivity contribution in [3.05, 3.63) is 48.0 Å². The molecule has 6 nitrogen and oxygen atoms in total. The van der Waals surface area contributed by atoms with Gasteiger partial charge in [0.25, 0.3) is 5.91 Å². The molecule has 2 aromatic rings. The van der Waals surface area contributed by atoms with Crippen molar-refractivity contribution in [2.75, 3.05) is 38.2 Å². The molecule has 0 N–H and O–H groups in total. The first kappa shape index (κ1) is 15.9. The molecule has 1 aliphatic heterocycles. The summed E-state index contributed by atoms with van der Waals surface area (Å²) < 4.78 is 5.20. The Kier molecular flexibility index (Phi) is 4.26. The zero-order valence-electron chi connectivity index (χ0n) is 14.4. The third kappa shape index (κ3) is 3.43. The lowest BCUT2D eigenvalue weighted by molar-refractivity contribution is 0.0746. The number of hydrogen-bond donors (Lipinski definition) is 0. The van der Waals surface area contributed by atoms with Gasteiger partial charge in [0, 0.05) is 50.2 Å². The van der Waals surface area contributed by atoms with Gasteiger partial charge in [0.1, 0.15) is 11.6 Å². The molecule has 2 aliphatic rings. The fraction of sp³-hybridized carbons (Fsp3) is 0.421. The number of nitrogens with zero attached hydrogens (tertiary/aromatic N) is 4. The SMILES string of the molecule is COc1ccc(N2CCN(C(=O)c3cnc(C4CC4)nc3)CC2)cc1. The van der Waals surface area contributed by atoms with E-state index in [0.29, 0.717) is 24.6 Å². The maximum Gasteiger partial charge on any atom is 0.257 e. The molecule has 0 spiro atoms. The summed E-state index contributed by atoms with van der Waals surface area (Å²) in [6.07, 6.45) is 5.69. The van der Waals surface area contributed by atoms with Crippen LogP contribution in [-0.2, 0) is 0 Å². The summed E-state index contributed by atoms with van der Waals surface area (Å²) in [5, 5.41) is 0. The maximum absolute atomic E-state index is 12.6. The van der Waals surface area contributed by atoms with E-state index >= 15 is 0 Å². The van der Waals surface area contributed by atoms with Crippen molar-refractivity contribution in [3.8, 4) is 5.75 Å². The van der Waals surface area contributed by atoms with Crippen LogP contribution in [0.15, 0.2) is 36.7 Å². The number of piperazine rings is 1. The van der Waals surface area contributed by atoms with E-state index in [1.54, 1.807) is 19.5 Å². The third-order valence-electron chi connectivity index (χ3n) is 4.87. The van der Waals surface area contributed by atoms with Gasteiger partial charge in [-0.05, 0) is 37.1 Å². The van der Waals surface area contributed by atoms with Crippen LogP contribution in [0, 0.1) is 0 Å². The molecule has 1 amide bonds. The Bertz CT molecular complexity index is 733. The fourth-order valence-electron chi connectivity index (χ4n) is 3.14. The summed E-state index contributed by atoms with van der Waals surface area (Å²) >= 11 is 0. The van der Waals surface area contributed by atoms with Gasteiger partial charge in [0.15, 0.2) is 0 Å². The van der Waals surface area contributed by atoms with Gasteiger partial charge in [-0.25, -0.2) is 9.97 Å². The number of anilines is 1. The highest BCUT2D eigenvalue weighted by Gasteiger charge is 2.27. The van der Waals surface area contributed by atoms with E-state index in [1.807, 2.05) is 17.0 Å². The lowest BCUT2D eigenvalue weighted by Crippen LogP contribution is -2.48. The van der Waals surface area contributed by atoms with Crippen LogP contribution in [0.5, 0.6) is 5.75 Å². The van der Waals surface area contributed by atoms with Crippen molar-refractivity contribution in [3.63, 3.8) is 0 Å². The zero-order valence-corrected chi connectivity index (χ0v) is 14.4. The maximum atomic E-state index is 12.6. The number of ether oxygens (including phenoxy) is 1. The van der Waals surface area contributed by atoms with E-state index < -0.39 is 0 Å². The highest BCUT2D eigenvalue weighted by molar-refractivity contribution is 5.93. The summed E-state index contributed by atoms with van der Waals surface area (Å²) in [5.41, 5.74) is 1.74. The van der Waals surface area contributed by atoms with Gasteiger partial charge in [-0.1, -0.05) is 0 Å². The molecule has 0 atom stereocenters. The number of rotatable bonds is 4. The first-order valence-corrected chi connectivity index (χ1v) is 8.75. The second-order valence-corrected chi connectivity index (χ2v) is 6.58. The monoisotopic (exact) mass is 338 g/mol. The quantitative estimate of drug-likeness (QED) is 0.856. The predicted octanol–water partition coefficient (Wildman–Crippen LogP) is 2.33. The van der Waals surface area contributed by atoms with E-state index in [-0.39, 0.29) is 5.91 Å². The molecule has 2 fully saturated rings. The minimum absolute atomic E-state index is 0.0247. The van der Waals surface area contributed by atoms with Crippen LogP contribution in [0.2, 0.25) is 0 Å². The van der Waals surface area contributed by atoms with Crippen molar-refractivity contribution in [1.82, 2.24) is 14.9 Å². The van der Waals surface area contributed by atoms with Crippen molar-refractivity contribution >= 4 is 11.6 Å². The van der Waals surface area contributed by atoms with Crippen LogP contribution in [-0.4, -0.2) is 54.1 Å². The molecule has 0 unspecified atom stereocenters. The Labute approximate surface area is 147 Å². The summed E-state index contributed by atoms with van der Waals surface area (Å²) in [7, 11) is 1.67. The normalized spacial score (nSPS) is 17.5. The lowest BCUT2D eigenvalue weighted by atomic mass is 10.2. The zero-order chi connectivity index (χ0) is 17.2. The van der Waals surface area contributed by atoms with Gasteiger partial charge in [-0.15, -0.1) is 0 Å². The number of methoxy groups -OCH3 is 1. The Balaban J connectivity index is 1.36. The molecular formula is C19H22N4O2. The standard InChI is InChI=1S/C19H22N4O2/c1-25-17-6-4-16(5-7-17)22-8-10-23(11-9-22)19(24)15-12-20-18(21-13-15)14-2-3-14/h4-7,12-14H,2-3,8-11H2,1H3. The van der Waals surface area contributed by atoms with Crippen LogP contribution in [0.25, 0.3) is 0 Å². The van der Waals surface area contributed by atoms with Gasteiger partial charge in [0.05, 0.1) is 12.7 Å². The molecular weight excluding hydrogens is 316 g/mol. The highest BCUT2D eigenvalue weighted by atomic mass is 16.5. The Morgan fingerprint density at radius 1 is 1.04 bits per heavy atom. The average molecular weight is 338 g/mol. The van der Waals surface area contributed by atoms with Crippen molar-refractivity contribution in [2.24, 2.45) is 0 Å². The smallest absolute Gasteiger partial charge is 0.257 e. The molecule has 4 rings (SSSR count). The van der Waals surface area contributed by atoms with E-state index in [4.69, 9.17) is 4.74 Å². The molecule has 1 aromatic carbocycles. The molecule has 1 saturated heterocycles. The van der Waals surface area contributed by atoms with Crippen LogP contribution >= 0.6 is 0 Å². The van der Waals surface area contributed by atoms with Crippen LogP contribution in [0.3, 0.4) is 0 Å². The molecule has 2 heterocycles. The summed E-state index contributed by atoms with van der Waals surface area (Å²) in [5.74, 6) is 2.27. The molecule has 6 heteroatoms. The number of aromatic nitrogens is 2.